The number of halogens is 1. The molecule has 0 atom stereocenters. The van der Waals surface area contributed by atoms with E-state index in [4.69, 9.17) is 10.5 Å². The number of benzene rings is 2. The number of rotatable bonds is 2. The van der Waals surface area contributed by atoms with E-state index in [2.05, 4.69) is 11.8 Å². The predicted molar refractivity (Wildman–Crippen MR) is 91.0 cm³/mol. The van der Waals surface area contributed by atoms with E-state index in [0.29, 0.717) is 11.3 Å². The molecule has 4 heteroatoms. The highest BCUT2D eigenvalue weighted by molar-refractivity contribution is 5.96. The van der Waals surface area contributed by atoms with Gasteiger partial charge >= 0.3 is 0 Å². The van der Waals surface area contributed by atoms with E-state index in [1.54, 1.807) is 19.2 Å². The zero-order valence-electron chi connectivity index (χ0n) is 13.1. The molecule has 0 saturated heterocycles. The quantitative estimate of drug-likeness (QED) is 0.732. The first-order chi connectivity index (χ1) is 11.1. The minimum atomic E-state index is -0.300. The first-order valence-corrected chi connectivity index (χ1v) is 7.37. The van der Waals surface area contributed by atoms with Crippen molar-refractivity contribution in [1.29, 1.82) is 0 Å². The van der Waals surface area contributed by atoms with Gasteiger partial charge in [-0.2, -0.15) is 0 Å². The summed E-state index contributed by atoms with van der Waals surface area (Å²) in [6, 6.07) is 12.0. The lowest BCUT2D eigenvalue weighted by molar-refractivity contribution is 0.415. The molecule has 1 aromatic heterocycles. The maximum absolute atomic E-state index is 13.3. The molecule has 1 heterocycles. The van der Waals surface area contributed by atoms with Crippen molar-refractivity contribution in [1.82, 2.24) is 4.57 Å². The first kappa shape index (κ1) is 15.0. The van der Waals surface area contributed by atoms with Crippen molar-refractivity contribution in [2.75, 3.05) is 12.8 Å². The summed E-state index contributed by atoms with van der Waals surface area (Å²) in [6.45, 7) is 2.76. The molecule has 0 aliphatic rings. The van der Waals surface area contributed by atoms with Crippen molar-refractivity contribution >= 4 is 16.6 Å². The Morgan fingerprint density at radius 2 is 2.00 bits per heavy atom. The summed E-state index contributed by atoms with van der Waals surface area (Å²) in [5.74, 6) is 6.54. The van der Waals surface area contributed by atoms with Gasteiger partial charge in [-0.25, -0.2) is 4.39 Å². The number of hydrogen-bond acceptors (Lipinski definition) is 2. The molecule has 3 aromatic rings. The Morgan fingerprint density at radius 1 is 1.17 bits per heavy atom. The fraction of sp³-hybridized carbons (Fsp3) is 0.158. The first-order valence-electron chi connectivity index (χ1n) is 7.37. The number of anilines is 1. The van der Waals surface area contributed by atoms with Crippen LogP contribution in [0.1, 0.15) is 18.2 Å². The summed E-state index contributed by atoms with van der Waals surface area (Å²) < 4.78 is 20.6. The molecule has 116 valence electrons. The van der Waals surface area contributed by atoms with E-state index >= 15 is 0 Å². The SMILES string of the molecule is CCn1c(C#Cc2cccc(F)c2)c(N)c2ccc(OC)cc21. The van der Waals surface area contributed by atoms with Crippen LogP contribution in [-0.2, 0) is 6.54 Å². The lowest BCUT2D eigenvalue weighted by Gasteiger charge is -2.04. The van der Waals surface area contributed by atoms with Crippen LogP contribution in [0.4, 0.5) is 10.1 Å². The Bertz CT molecular complexity index is 932. The minimum Gasteiger partial charge on any atom is -0.497 e. The third kappa shape index (κ3) is 2.74. The topological polar surface area (TPSA) is 40.2 Å². The second-order valence-electron chi connectivity index (χ2n) is 5.15. The fourth-order valence-electron chi connectivity index (χ4n) is 2.64. The molecule has 0 aliphatic heterocycles. The Balaban J connectivity index is 2.16. The van der Waals surface area contributed by atoms with E-state index < -0.39 is 0 Å². The summed E-state index contributed by atoms with van der Waals surface area (Å²) in [4.78, 5) is 0. The van der Waals surface area contributed by atoms with Crippen LogP contribution in [0.25, 0.3) is 10.9 Å². The molecule has 0 unspecified atom stereocenters. The second kappa shape index (κ2) is 6.05. The number of aryl methyl sites for hydroxylation is 1. The zero-order valence-corrected chi connectivity index (χ0v) is 13.1. The van der Waals surface area contributed by atoms with Crippen LogP contribution < -0.4 is 10.5 Å². The fourth-order valence-corrected chi connectivity index (χ4v) is 2.64. The number of fused-ring (bicyclic) bond motifs is 1. The smallest absolute Gasteiger partial charge is 0.124 e. The van der Waals surface area contributed by atoms with Gasteiger partial charge in [-0.1, -0.05) is 12.0 Å². The molecule has 3 rings (SSSR count). The largest absolute Gasteiger partial charge is 0.497 e. The molecule has 0 saturated carbocycles. The van der Waals surface area contributed by atoms with Gasteiger partial charge in [-0.05, 0) is 43.2 Å². The van der Waals surface area contributed by atoms with Crippen LogP contribution in [0.2, 0.25) is 0 Å². The molecule has 0 radical (unpaired) electrons. The van der Waals surface area contributed by atoms with Gasteiger partial charge in [-0.3, -0.25) is 0 Å². The maximum atomic E-state index is 13.3. The number of hydrogen-bond donors (Lipinski definition) is 1. The molecule has 2 aromatic carbocycles. The van der Waals surface area contributed by atoms with Gasteiger partial charge in [0.25, 0.3) is 0 Å². The van der Waals surface area contributed by atoms with Gasteiger partial charge in [-0.15, -0.1) is 0 Å². The van der Waals surface area contributed by atoms with Gasteiger partial charge in [0.05, 0.1) is 18.3 Å². The van der Waals surface area contributed by atoms with Crippen molar-refractivity contribution in [3.8, 4) is 17.6 Å². The summed E-state index contributed by atoms with van der Waals surface area (Å²) in [5, 5.41) is 0.941. The van der Waals surface area contributed by atoms with E-state index in [-0.39, 0.29) is 5.82 Å². The maximum Gasteiger partial charge on any atom is 0.124 e. The molecule has 0 bridgehead atoms. The van der Waals surface area contributed by atoms with E-state index in [0.717, 1.165) is 28.9 Å². The molecular weight excluding hydrogens is 291 g/mol. The third-order valence-electron chi connectivity index (χ3n) is 3.78. The van der Waals surface area contributed by atoms with E-state index in [9.17, 15) is 4.39 Å². The molecule has 0 spiro atoms. The monoisotopic (exact) mass is 308 g/mol. The van der Waals surface area contributed by atoms with Crippen LogP contribution in [-0.4, -0.2) is 11.7 Å². The zero-order chi connectivity index (χ0) is 16.4. The number of aromatic nitrogens is 1. The number of nitrogens with two attached hydrogens (primary N) is 1. The molecule has 0 amide bonds. The molecule has 23 heavy (non-hydrogen) atoms. The normalized spacial score (nSPS) is 10.4. The highest BCUT2D eigenvalue weighted by Gasteiger charge is 2.13. The minimum absolute atomic E-state index is 0.300. The van der Waals surface area contributed by atoms with Crippen molar-refractivity contribution in [2.45, 2.75) is 13.5 Å². The van der Waals surface area contributed by atoms with E-state index in [1.807, 2.05) is 29.7 Å². The van der Waals surface area contributed by atoms with Gasteiger partial charge in [0, 0.05) is 23.6 Å². The predicted octanol–water partition coefficient (Wildman–Crippen LogP) is 3.79. The van der Waals surface area contributed by atoms with Gasteiger partial charge in [0.2, 0.25) is 0 Å². The number of nitrogen functional groups attached to an aromatic ring is 1. The van der Waals surface area contributed by atoms with Crippen molar-refractivity contribution in [3.05, 3.63) is 59.5 Å². The molecule has 3 nitrogen and oxygen atoms in total. The van der Waals surface area contributed by atoms with Gasteiger partial charge in [0.15, 0.2) is 0 Å². The molecule has 0 fully saturated rings. The summed E-state index contributed by atoms with van der Waals surface area (Å²) >= 11 is 0. The van der Waals surface area contributed by atoms with Gasteiger partial charge in [0.1, 0.15) is 17.3 Å². The summed E-state index contributed by atoms with van der Waals surface area (Å²) in [6.07, 6.45) is 0. The average Bonchev–Trinajstić information content (AvgIpc) is 2.84. The van der Waals surface area contributed by atoms with Crippen LogP contribution in [0.3, 0.4) is 0 Å². The second-order valence-corrected chi connectivity index (χ2v) is 5.15. The number of methoxy groups -OCH3 is 1. The molecular formula is C19H17FN2O. The highest BCUT2D eigenvalue weighted by Crippen LogP contribution is 2.31. The standard InChI is InChI=1S/C19H17FN2O/c1-3-22-17(10-7-13-5-4-6-14(20)11-13)19(21)16-9-8-15(23-2)12-18(16)22/h4-6,8-9,11-12H,3,21H2,1-2H3. The average molecular weight is 308 g/mol. The van der Waals surface area contributed by atoms with E-state index in [1.165, 1.54) is 12.1 Å². The van der Waals surface area contributed by atoms with Crippen molar-refractivity contribution in [2.24, 2.45) is 0 Å². The van der Waals surface area contributed by atoms with Crippen LogP contribution in [0, 0.1) is 17.7 Å². The molecule has 0 aliphatic carbocycles. The van der Waals surface area contributed by atoms with Crippen LogP contribution in [0.15, 0.2) is 42.5 Å². The number of ether oxygens (including phenoxy) is 1. The highest BCUT2D eigenvalue weighted by atomic mass is 19.1. The lowest BCUT2D eigenvalue weighted by atomic mass is 10.2. The lowest BCUT2D eigenvalue weighted by Crippen LogP contribution is -1.99. The summed E-state index contributed by atoms with van der Waals surface area (Å²) in [7, 11) is 1.63. The Morgan fingerprint density at radius 3 is 2.70 bits per heavy atom. The molecule has 2 N–H and O–H groups in total. The van der Waals surface area contributed by atoms with Crippen LogP contribution >= 0.6 is 0 Å². The van der Waals surface area contributed by atoms with Crippen molar-refractivity contribution in [3.63, 3.8) is 0 Å². The Labute approximate surface area is 134 Å². The Kier molecular flexibility index (Phi) is 3.94. The number of nitrogens with zero attached hydrogens (tertiary/aromatic N) is 1. The third-order valence-corrected chi connectivity index (χ3v) is 3.78. The van der Waals surface area contributed by atoms with Crippen LogP contribution in [0.5, 0.6) is 5.75 Å². The summed E-state index contributed by atoms with van der Waals surface area (Å²) in [5.41, 5.74) is 9.23. The Hall–Kier alpha value is -2.93. The van der Waals surface area contributed by atoms with Gasteiger partial charge < -0.3 is 15.0 Å². The van der Waals surface area contributed by atoms with Crippen molar-refractivity contribution < 1.29 is 9.13 Å².